The number of rotatable bonds is 5. The Morgan fingerprint density at radius 2 is 1.57 bits per heavy atom. The lowest BCUT2D eigenvalue weighted by Gasteiger charge is -2.14. The Morgan fingerprint density at radius 3 is 2.14 bits per heavy atom. The summed E-state index contributed by atoms with van der Waals surface area (Å²) in [5.74, 6) is 0. The molecule has 0 fully saturated rings. The second-order valence-electron chi connectivity index (χ2n) is 8.13. The van der Waals surface area contributed by atoms with Crippen LogP contribution in [-0.2, 0) is 27.2 Å². The highest BCUT2D eigenvalue weighted by Gasteiger charge is 2.22. The quantitative estimate of drug-likeness (QED) is 0.330. The van der Waals surface area contributed by atoms with Crippen molar-refractivity contribution in [1.29, 1.82) is 0 Å². The number of sulfonamides is 1. The maximum Gasteiger partial charge on any atom is 0.294 e. The van der Waals surface area contributed by atoms with Crippen LogP contribution in [0.2, 0.25) is 5.02 Å². The SMILES string of the molecule is CN(C)S(=O)(=O)c1cc(-c2csc(=Nc3ccccc3)n2C)ccc1Cl.Cc1ccc(S(=O)(=O)O)cc1. The number of thiazole rings is 1. The molecule has 0 amide bonds. The van der Waals surface area contributed by atoms with Crippen LogP contribution in [0.15, 0.2) is 93.0 Å². The number of benzene rings is 3. The van der Waals surface area contributed by atoms with Crippen LogP contribution in [0.25, 0.3) is 11.3 Å². The second kappa shape index (κ2) is 11.7. The highest BCUT2D eigenvalue weighted by atomic mass is 35.5. The molecule has 196 valence electrons. The van der Waals surface area contributed by atoms with Gasteiger partial charge >= 0.3 is 0 Å². The maximum absolute atomic E-state index is 12.5. The smallest absolute Gasteiger partial charge is 0.294 e. The van der Waals surface area contributed by atoms with E-state index in [0.717, 1.165) is 31.6 Å². The van der Waals surface area contributed by atoms with Crippen molar-refractivity contribution in [2.45, 2.75) is 16.7 Å². The van der Waals surface area contributed by atoms with E-state index >= 15 is 0 Å². The Balaban J connectivity index is 0.000000289. The molecular formula is C25H26ClN3O5S3. The summed E-state index contributed by atoms with van der Waals surface area (Å²) < 4.78 is 57.6. The van der Waals surface area contributed by atoms with Gasteiger partial charge in [-0.3, -0.25) is 4.55 Å². The van der Waals surface area contributed by atoms with Crippen molar-refractivity contribution in [1.82, 2.24) is 8.87 Å². The number of para-hydroxylation sites is 1. The van der Waals surface area contributed by atoms with Gasteiger partial charge < -0.3 is 4.57 Å². The molecule has 0 atom stereocenters. The third-order valence-corrected chi connectivity index (χ3v) is 9.29. The van der Waals surface area contributed by atoms with E-state index in [1.54, 1.807) is 24.3 Å². The van der Waals surface area contributed by atoms with Crippen molar-refractivity contribution in [2.24, 2.45) is 12.0 Å². The van der Waals surface area contributed by atoms with Crippen LogP contribution in [0.5, 0.6) is 0 Å². The zero-order chi connectivity index (χ0) is 27.4. The van der Waals surface area contributed by atoms with Crippen molar-refractivity contribution < 1.29 is 21.4 Å². The first-order valence-corrected chi connectivity index (χ1v) is 15.0. The average Bonchev–Trinajstić information content (AvgIpc) is 3.20. The van der Waals surface area contributed by atoms with Gasteiger partial charge in [0, 0.05) is 32.1 Å². The minimum absolute atomic E-state index is 0.0666. The molecule has 1 aromatic heterocycles. The van der Waals surface area contributed by atoms with Gasteiger partial charge in [-0.2, -0.15) is 8.42 Å². The van der Waals surface area contributed by atoms with E-state index < -0.39 is 20.1 Å². The first-order chi connectivity index (χ1) is 17.3. The lowest BCUT2D eigenvalue weighted by molar-refractivity contribution is 0.483. The Morgan fingerprint density at radius 1 is 0.946 bits per heavy atom. The molecule has 12 heteroatoms. The molecule has 4 rings (SSSR count). The molecule has 37 heavy (non-hydrogen) atoms. The van der Waals surface area contributed by atoms with Crippen LogP contribution in [0.1, 0.15) is 5.56 Å². The zero-order valence-corrected chi connectivity index (χ0v) is 23.7. The lowest BCUT2D eigenvalue weighted by Crippen LogP contribution is -2.22. The normalized spacial score (nSPS) is 12.4. The van der Waals surface area contributed by atoms with Crippen molar-refractivity contribution in [3.8, 4) is 11.3 Å². The van der Waals surface area contributed by atoms with Crippen molar-refractivity contribution in [2.75, 3.05) is 14.1 Å². The molecule has 3 aromatic carbocycles. The van der Waals surface area contributed by atoms with Gasteiger partial charge in [0.1, 0.15) is 4.90 Å². The van der Waals surface area contributed by atoms with Gasteiger partial charge in [0.2, 0.25) is 10.0 Å². The highest BCUT2D eigenvalue weighted by Crippen LogP contribution is 2.29. The standard InChI is InChI=1S/C18H18ClN3O2S2.C7H8O3S/c1-21(2)26(23,24)17-11-13(9-10-15(17)19)16-12-25-18(22(16)3)20-14-7-5-4-6-8-14;1-6-2-4-7(5-3-6)11(8,9)10/h4-12H,1-3H3;2-5H,1H3,(H,8,9,10). The molecule has 8 nitrogen and oxygen atoms in total. The molecule has 0 bridgehead atoms. The van der Waals surface area contributed by atoms with E-state index in [4.69, 9.17) is 16.2 Å². The van der Waals surface area contributed by atoms with Crippen LogP contribution in [0.4, 0.5) is 5.69 Å². The van der Waals surface area contributed by atoms with Crippen LogP contribution < -0.4 is 4.80 Å². The van der Waals surface area contributed by atoms with E-state index in [-0.39, 0.29) is 14.8 Å². The molecule has 1 N–H and O–H groups in total. The molecule has 4 aromatic rings. The summed E-state index contributed by atoms with van der Waals surface area (Å²) in [5.41, 5.74) is 3.46. The fraction of sp³-hybridized carbons (Fsp3) is 0.160. The van der Waals surface area contributed by atoms with Gasteiger partial charge in [-0.1, -0.05) is 53.6 Å². The Hall–Kier alpha value is -2.80. The fourth-order valence-electron chi connectivity index (χ4n) is 3.11. The van der Waals surface area contributed by atoms with E-state index in [1.807, 2.05) is 60.3 Å². The summed E-state index contributed by atoms with van der Waals surface area (Å²) in [5, 5.41) is 2.16. The number of aromatic nitrogens is 1. The first-order valence-electron chi connectivity index (χ1n) is 10.8. The average molecular weight is 580 g/mol. The monoisotopic (exact) mass is 579 g/mol. The number of halogens is 1. The number of hydrogen-bond acceptors (Lipinski definition) is 6. The van der Waals surface area contributed by atoms with E-state index in [0.29, 0.717) is 0 Å². The molecule has 1 heterocycles. The lowest BCUT2D eigenvalue weighted by atomic mass is 10.2. The van der Waals surface area contributed by atoms with Crippen molar-refractivity contribution >= 4 is 48.8 Å². The van der Waals surface area contributed by atoms with Crippen molar-refractivity contribution in [3.05, 3.63) is 93.6 Å². The molecular weight excluding hydrogens is 554 g/mol. The molecule has 0 aliphatic rings. The first kappa shape index (κ1) is 28.8. The van der Waals surface area contributed by atoms with Gasteiger partial charge in [-0.05, 0) is 43.3 Å². The summed E-state index contributed by atoms with van der Waals surface area (Å²) in [6.07, 6.45) is 0. The predicted octanol–water partition coefficient (Wildman–Crippen LogP) is 5.13. The van der Waals surface area contributed by atoms with Gasteiger partial charge in [-0.15, -0.1) is 11.3 Å². The number of aryl methyl sites for hydroxylation is 1. The third kappa shape index (κ3) is 7.16. The Bertz CT molecular complexity index is 1660. The summed E-state index contributed by atoms with van der Waals surface area (Å²) in [7, 11) is -2.76. The van der Waals surface area contributed by atoms with Crippen LogP contribution in [0.3, 0.4) is 0 Å². The van der Waals surface area contributed by atoms with E-state index in [1.165, 1.54) is 37.6 Å². The van der Waals surface area contributed by atoms with Gasteiger partial charge in [0.25, 0.3) is 10.1 Å². The second-order valence-corrected chi connectivity index (χ2v) is 12.9. The topological polar surface area (TPSA) is 109 Å². The summed E-state index contributed by atoms with van der Waals surface area (Å²) in [4.78, 5) is 5.48. The molecule has 0 unspecified atom stereocenters. The highest BCUT2D eigenvalue weighted by molar-refractivity contribution is 7.89. The van der Waals surface area contributed by atoms with Gasteiger partial charge in [0.05, 0.1) is 21.3 Å². The van der Waals surface area contributed by atoms with Crippen LogP contribution >= 0.6 is 22.9 Å². The third-order valence-electron chi connectivity index (χ3n) is 5.21. The minimum atomic E-state index is -4.02. The van der Waals surface area contributed by atoms with Gasteiger partial charge in [0.15, 0.2) is 4.80 Å². The summed E-state index contributed by atoms with van der Waals surface area (Å²) in [6, 6.07) is 20.7. The fourth-order valence-corrected chi connectivity index (χ4v) is 5.91. The molecule has 0 radical (unpaired) electrons. The molecule has 0 aliphatic heterocycles. The van der Waals surface area contributed by atoms with Crippen LogP contribution in [0, 0.1) is 6.92 Å². The molecule has 0 spiro atoms. The van der Waals surface area contributed by atoms with Crippen LogP contribution in [-0.4, -0.2) is 44.4 Å². The maximum atomic E-state index is 12.5. The van der Waals surface area contributed by atoms with E-state index in [9.17, 15) is 16.8 Å². The summed E-state index contributed by atoms with van der Waals surface area (Å²) in [6.45, 7) is 1.84. The van der Waals surface area contributed by atoms with Crippen molar-refractivity contribution in [3.63, 3.8) is 0 Å². The van der Waals surface area contributed by atoms with E-state index in [2.05, 4.69) is 4.99 Å². The Kier molecular flexibility index (Phi) is 9.11. The molecule has 0 aliphatic carbocycles. The number of nitrogens with zero attached hydrogens (tertiary/aromatic N) is 3. The zero-order valence-electron chi connectivity index (χ0n) is 20.5. The predicted molar refractivity (Wildman–Crippen MR) is 147 cm³/mol. The minimum Gasteiger partial charge on any atom is -0.320 e. The number of hydrogen-bond donors (Lipinski definition) is 1. The Labute approximate surface area is 225 Å². The van der Waals surface area contributed by atoms with Gasteiger partial charge in [-0.25, -0.2) is 17.7 Å². The molecule has 0 saturated carbocycles. The summed E-state index contributed by atoms with van der Waals surface area (Å²) >= 11 is 7.63. The molecule has 0 saturated heterocycles. The largest absolute Gasteiger partial charge is 0.320 e.